The average molecular weight is 448 g/mol. The Bertz CT molecular complexity index is 893. The quantitative estimate of drug-likeness (QED) is 0.484. The number of thioether (sulfide) groups is 1. The third-order valence-corrected chi connectivity index (χ3v) is 6.29. The van der Waals surface area contributed by atoms with Crippen molar-refractivity contribution in [2.24, 2.45) is 0 Å². The number of nitrogens with one attached hydrogen (secondary N) is 2. The molecule has 9 heteroatoms. The van der Waals surface area contributed by atoms with E-state index in [9.17, 15) is 9.59 Å². The monoisotopic (exact) mass is 447 g/mol. The Morgan fingerprint density at radius 2 is 1.97 bits per heavy atom. The van der Waals surface area contributed by atoms with Crippen molar-refractivity contribution in [2.45, 2.75) is 62.0 Å². The van der Waals surface area contributed by atoms with Crippen LogP contribution >= 0.6 is 23.4 Å². The molecular formula is C21H26ClN5O2S. The van der Waals surface area contributed by atoms with Crippen LogP contribution in [0, 0.1) is 0 Å². The van der Waals surface area contributed by atoms with E-state index in [1.54, 1.807) is 25.1 Å². The zero-order valence-corrected chi connectivity index (χ0v) is 18.5. The van der Waals surface area contributed by atoms with Crippen LogP contribution in [0.25, 0.3) is 11.4 Å². The second-order valence-electron chi connectivity index (χ2n) is 7.27. The minimum absolute atomic E-state index is 0.145. The predicted molar refractivity (Wildman–Crippen MR) is 120 cm³/mol. The molecule has 1 aliphatic rings. The number of benzene rings is 1. The Hall–Kier alpha value is -2.32. The maximum atomic E-state index is 12.5. The summed E-state index contributed by atoms with van der Waals surface area (Å²) >= 11 is 7.22. The molecule has 1 heterocycles. The van der Waals surface area contributed by atoms with Crippen LogP contribution in [0.4, 0.5) is 4.79 Å². The van der Waals surface area contributed by atoms with Crippen molar-refractivity contribution in [2.75, 3.05) is 0 Å². The zero-order valence-electron chi connectivity index (χ0n) is 16.9. The van der Waals surface area contributed by atoms with E-state index in [-0.39, 0.29) is 11.9 Å². The Morgan fingerprint density at radius 1 is 1.27 bits per heavy atom. The Morgan fingerprint density at radius 3 is 2.63 bits per heavy atom. The lowest BCUT2D eigenvalue weighted by Crippen LogP contribution is -2.47. The number of hydrogen-bond donors (Lipinski definition) is 2. The highest BCUT2D eigenvalue weighted by Crippen LogP contribution is 2.27. The summed E-state index contributed by atoms with van der Waals surface area (Å²) in [6.45, 7) is 6.02. The van der Waals surface area contributed by atoms with E-state index in [2.05, 4.69) is 27.4 Å². The summed E-state index contributed by atoms with van der Waals surface area (Å²) in [5.41, 5.74) is 0.865. The first kappa shape index (κ1) is 22.4. The molecule has 1 aromatic carbocycles. The van der Waals surface area contributed by atoms with Crippen molar-refractivity contribution in [1.82, 2.24) is 25.4 Å². The van der Waals surface area contributed by atoms with Crippen molar-refractivity contribution in [1.29, 1.82) is 0 Å². The molecule has 1 aromatic heterocycles. The lowest BCUT2D eigenvalue weighted by molar-refractivity contribution is -0.119. The number of urea groups is 1. The first-order chi connectivity index (χ1) is 14.5. The molecule has 0 bridgehead atoms. The first-order valence-corrected chi connectivity index (χ1v) is 11.3. The molecule has 2 aromatic rings. The van der Waals surface area contributed by atoms with Gasteiger partial charge in [-0.1, -0.05) is 48.7 Å². The lowest BCUT2D eigenvalue weighted by Gasteiger charge is -2.23. The van der Waals surface area contributed by atoms with E-state index in [4.69, 9.17) is 11.6 Å². The number of halogens is 1. The van der Waals surface area contributed by atoms with Crippen LogP contribution in [0.2, 0.25) is 5.02 Å². The molecule has 1 fully saturated rings. The van der Waals surface area contributed by atoms with Gasteiger partial charge >= 0.3 is 6.03 Å². The van der Waals surface area contributed by atoms with E-state index >= 15 is 0 Å². The molecule has 160 valence electrons. The van der Waals surface area contributed by atoms with Gasteiger partial charge in [-0.05, 0) is 44.0 Å². The zero-order chi connectivity index (χ0) is 21.5. The topological polar surface area (TPSA) is 88.9 Å². The summed E-state index contributed by atoms with van der Waals surface area (Å²) in [7, 11) is 0. The molecule has 2 N–H and O–H groups in total. The van der Waals surface area contributed by atoms with E-state index in [0.29, 0.717) is 22.5 Å². The highest BCUT2D eigenvalue weighted by atomic mass is 35.5. The Balaban J connectivity index is 1.64. The largest absolute Gasteiger partial charge is 0.335 e. The molecule has 1 unspecified atom stereocenters. The number of imide groups is 1. The van der Waals surface area contributed by atoms with Gasteiger partial charge in [0.1, 0.15) is 0 Å². The molecule has 1 saturated carbocycles. The van der Waals surface area contributed by atoms with Crippen molar-refractivity contribution >= 4 is 35.3 Å². The second-order valence-corrected chi connectivity index (χ2v) is 9.01. The summed E-state index contributed by atoms with van der Waals surface area (Å²) in [4.78, 5) is 24.7. The predicted octanol–water partition coefficient (Wildman–Crippen LogP) is 4.42. The van der Waals surface area contributed by atoms with Crippen LogP contribution < -0.4 is 10.6 Å². The van der Waals surface area contributed by atoms with Gasteiger partial charge in [-0.25, -0.2) is 4.79 Å². The number of aromatic nitrogens is 3. The number of amides is 3. The maximum absolute atomic E-state index is 12.5. The van der Waals surface area contributed by atoms with Crippen LogP contribution in [0.15, 0.2) is 42.1 Å². The molecule has 0 radical (unpaired) electrons. The molecule has 0 aliphatic heterocycles. The van der Waals surface area contributed by atoms with E-state index in [0.717, 1.165) is 31.2 Å². The van der Waals surface area contributed by atoms with Gasteiger partial charge in [-0.2, -0.15) is 0 Å². The van der Waals surface area contributed by atoms with Crippen molar-refractivity contribution in [3.05, 3.63) is 41.9 Å². The van der Waals surface area contributed by atoms with Gasteiger partial charge in [0.2, 0.25) is 5.91 Å². The number of carbonyl (C=O) groups is 2. The number of rotatable bonds is 7. The van der Waals surface area contributed by atoms with Crippen LogP contribution in [0.5, 0.6) is 0 Å². The van der Waals surface area contributed by atoms with Gasteiger partial charge in [-0.3, -0.25) is 14.7 Å². The van der Waals surface area contributed by atoms with Crippen molar-refractivity contribution in [3.63, 3.8) is 0 Å². The third kappa shape index (κ3) is 5.86. The smallest absolute Gasteiger partial charge is 0.321 e. The van der Waals surface area contributed by atoms with Crippen molar-refractivity contribution < 1.29 is 9.59 Å². The van der Waals surface area contributed by atoms with Gasteiger partial charge in [0.25, 0.3) is 0 Å². The molecular weight excluding hydrogens is 422 g/mol. The van der Waals surface area contributed by atoms with Gasteiger partial charge in [0.15, 0.2) is 11.0 Å². The molecule has 0 spiro atoms. The highest BCUT2D eigenvalue weighted by molar-refractivity contribution is 8.00. The van der Waals surface area contributed by atoms with Gasteiger partial charge in [-0.15, -0.1) is 16.8 Å². The van der Waals surface area contributed by atoms with Gasteiger partial charge < -0.3 is 5.32 Å². The van der Waals surface area contributed by atoms with Crippen LogP contribution in [0.1, 0.15) is 39.0 Å². The Kier molecular flexibility index (Phi) is 7.93. The van der Waals surface area contributed by atoms with Gasteiger partial charge in [0.05, 0.1) is 5.25 Å². The molecule has 1 aliphatic carbocycles. The van der Waals surface area contributed by atoms with E-state index in [1.807, 2.05) is 16.7 Å². The summed E-state index contributed by atoms with van der Waals surface area (Å²) in [6.07, 6.45) is 7.10. The summed E-state index contributed by atoms with van der Waals surface area (Å²) < 4.78 is 1.88. The van der Waals surface area contributed by atoms with Crippen molar-refractivity contribution in [3.8, 4) is 11.4 Å². The SMILES string of the molecule is C=CCn1c(SC(C)C(=O)NC(=O)NC2CCCCC2)nnc1-c1ccc(Cl)cc1. The van der Waals surface area contributed by atoms with Gasteiger partial charge in [0, 0.05) is 23.2 Å². The number of nitrogens with zero attached hydrogens (tertiary/aromatic N) is 3. The molecule has 30 heavy (non-hydrogen) atoms. The fourth-order valence-corrected chi connectivity index (χ4v) is 4.36. The Labute approximate surface area is 185 Å². The highest BCUT2D eigenvalue weighted by Gasteiger charge is 2.23. The maximum Gasteiger partial charge on any atom is 0.321 e. The molecule has 3 rings (SSSR count). The summed E-state index contributed by atoms with van der Waals surface area (Å²) in [5.74, 6) is 0.297. The normalized spacial score (nSPS) is 15.4. The number of hydrogen-bond acceptors (Lipinski definition) is 5. The lowest BCUT2D eigenvalue weighted by atomic mass is 9.96. The standard InChI is InChI=1S/C21H26ClN5O2S/c1-3-13-27-18(15-9-11-16(22)12-10-15)25-26-21(27)30-14(2)19(28)24-20(29)23-17-7-5-4-6-8-17/h3,9-12,14,17H,1,4-8,13H2,2H3,(H2,23,24,28,29). The molecule has 1 atom stereocenters. The minimum atomic E-state index is -0.520. The number of carbonyl (C=O) groups excluding carboxylic acids is 2. The molecule has 7 nitrogen and oxygen atoms in total. The fourth-order valence-electron chi connectivity index (χ4n) is 3.38. The third-order valence-electron chi connectivity index (χ3n) is 4.96. The number of allylic oxidation sites excluding steroid dienone is 1. The van der Waals surface area contributed by atoms with E-state index in [1.165, 1.54) is 18.2 Å². The minimum Gasteiger partial charge on any atom is -0.335 e. The van der Waals surface area contributed by atoms with Crippen LogP contribution in [-0.4, -0.2) is 38.0 Å². The first-order valence-electron chi connectivity index (χ1n) is 10.1. The average Bonchev–Trinajstić information content (AvgIpc) is 3.11. The fraction of sp³-hybridized carbons (Fsp3) is 0.429. The summed E-state index contributed by atoms with van der Waals surface area (Å²) in [5, 5.41) is 14.6. The molecule has 3 amide bonds. The molecule has 0 saturated heterocycles. The van der Waals surface area contributed by atoms with Crippen LogP contribution in [-0.2, 0) is 11.3 Å². The second kappa shape index (κ2) is 10.6. The summed E-state index contributed by atoms with van der Waals surface area (Å²) in [6, 6.07) is 7.02. The van der Waals surface area contributed by atoms with Crippen LogP contribution in [0.3, 0.4) is 0 Å². The van der Waals surface area contributed by atoms with E-state index < -0.39 is 11.3 Å².